The van der Waals surface area contributed by atoms with Crippen molar-refractivity contribution < 1.29 is 4.42 Å². The number of hydrogen-bond donors (Lipinski definition) is 0. The maximum Gasteiger partial charge on any atom is 0.140 e. The molecule has 2 heteroatoms. The fourth-order valence-electron chi connectivity index (χ4n) is 4.04. The molecule has 1 aliphatic carbocycles. The Bertz CT molecular complexity index is 1100. The molecule has 0 saturated carbocycles. The maximum atomic E-state index is 6.28. The minimum Gasteiger partial charge on any atom is -0.456 e. The van der Waals surface area contributed by atoms with Gasteiger partial charge in [-0.05, 0) is 41.0 Å². The van der Waals surface area contributed by atoms with Crippen LogP contribution in [-0.2, 0) is 5.41 Å². The molecule has 1 nitrogen and oxygen atoms in total. The minimum atomic E-state index is -0.0676. The van der Waals surface area contributed by atoms with E-state index in [9.17, 15) is 0 Å². The van der Waals surface area contributed by atoms with Crippen molar-refractivity contribution in [1.82, 2.24) is 0 Å². The van der Waals surface area contributed by atoms with E-state index in [1.807, 2.05) is 12.1 Å². The van der Waals surface area contributed by atoms with Gasteiger partial charge in [-0.1, -0.05) is 60.1 Å². The van der Waals surface area contributed by atoms with Crippen molar-refractivity contribution in [2.45, 2.75) is 19.3 Å². The normalized spacial score (nSPS) is 15.1. The maximum absolute atomic E-state index is 6.28. The molecule has 0 bridgehead atoms. The highest BCUT2D eigenvalue weighted by atomic mass is 79.9. The first kappa shape index (κ1) is 13.4. The van der Waals surface area contributed by atoms with Crippen LogP contribution in [0.2, 0.25) is 0 Å². The van der Waals surface area contributed by atoms with Gasteiger partial charge in [0.25, 0.3) is 0 Å². The van der Waals surface area contributed by atoms with E-state index in [0.29, 0.717) is 0 Å². The van der Waals surface area contributed by atoms with Crippen LogP contribution in [-0.4, -0.2) is 0 Å². The van der Waals surface area contributed by atoms with E-state index < -0.39 is 0 Å². The van der Waals surface area contributed by atoms with Gasteiger partial charge in [-0.25, -0.2) is 0 Å². The monoisotopic (exact) mass is 362 g/mol. The number of furan rings is 1. The molecule has 0 atom stereocenters. The van der Waals surface area contributed by atoms with Crippen molar-refractivity contribution in [2.24, 2.45) is 0 Å². The highest BCUT2D eigenvalue weighted by Crippen LogP contribution is 2.52. The van der Waals surface area contributed by atoms with Crippen LogP contribution in [0.25, 0.3) is 33.1 Å². The lowest BCUT2D eigenvalue weighted by molar-refractivity contribution is 0.620. The van der Waals surface area contributed by atoms with E-state index in [2.05, 4.69) is 72.2 Å². The third kappa shape index (κ3) is 1.62. The van der Waals surface area contributed by atoms with Gasteiger partial charge in [0.1, 0.15) is 11.2 Å². The first-order chi connectivity index (χ1) is 11.1. The Hall–Kier alpha value is -2.06. The Balaban J connectivity index is 1.96. The van der Waals surface area contributed by atoms with Crippen molar-refractivity contribution in [2.75, 3.05) is 0 Å². The third-order valence-electron chi connectivity index (χ3n) is 5.12. The molecular formula is C21H15BrO. The molecule has 23 heavy (non-hydrogen) atoms. The highest BCUT2D eigenvalue weighted by molar-refractivity contribution is 9.10. The lowest BCUT2D eigenvalue weighted by Crippen LogP contribution is -2.15. The zero-order chi connectivity index (χ0) is 15.8. The molecule has 0 radical (unpaired) electrons. The van der Waals surface area contributed by atoms with Crippen LogP contribution in [0.1, 0.15) is 25.0 Å². The van der Waals surface area contributed by atoms with Gasteiger partial charge in [0.05, 0.1) is 0 Å². The van der Waals surface area contributed by atoms with E-state index in [1.165, 1.54) is 33.0 Å². The summed E-state index contributed by atoms with van der Waals surface area (Å²) in [4.78, 5) is 0. The Morgan fingerprint density at radius 1 is 0.870 bits per heavy atom. The zero-order valence-corrected chi connectivity index (χ0v) is 14.6. The van der Waals surface area contributed by atoms with Gasteiger partial charge < -0.3 is 4.42 Å². The van der Waals surface area contributed by atoms with Crippen molar-refractivity contribution in [3.05, 3.63) is 70.2 Å². The van der Waals surface area contributed by atoms with Crippen molar-refractivity contribution in [3.8, 4) is 11.1 Å². The summed E-state index contributed by atoms with van der Waals surface area (Å²) in [6, 6.07) is 19.3. The molecule has 3 aromatic carbocycles. The van der Waals surface area contributed by atoms with Gasteiger partial charge in [-0.15, -0.1) is 0 Å². The van der Waals surface area contributed by atoms with Crippen LogP contribution >= 0.6 is 15.9 Å². The first-order valence-electron chi connectivity index (χ1n) is 7.82. The molecule has 0 fully saturated rings. The summed E-state index contributed by atoms with van der Waals surface area (Å²) < 4.78 is 7.40. The molecule has 1 aromatic heterocycles. The smallest absolute Gasteiger partial charge is 0.140 e. The lowest BCUT2D eigenvalue weighted by Gasteiger charge is -2.21. The van der Waals surface area contributed by atoms with Gasteiger partial charge in [-0.3, -0.25) is 0 Å². The third-order valence-corrected chi connectivity index (χ3v) is 5.61. The largest absolute Gasteiger partial charge is 0.456 e. The molecule has 0 unspecified atom stereocenters. The topological polar surface area (TPSA) is 13.1 Å². The summed E-state index contributed by atoms with van der Waals surface area (Å²) in [6.45, 7) is 4.58. The fourth-order valence-corrected chi connectivity index (χ4v) is 4.40. The standard InChI is InChI=1S/C21H15BrO/c1-21(2)17-11-12(22)7-8-13(17)15-9-10-16-14-5-3-4-6-18(14)23-20(16)19(15)21/h3-11H,1-2H3. The predicted octanol–water partition coefficient (Wildman–Crippen LogP) is 6.65. The zero-order valence-electron chi connectivity index (χ0n) is 13.0. The Morgan fingerprint density at radius 2 is 1.65 bits per heavy atom. The lowest BCUT2D eigenvalue weighted by atomic mass is 9.82. The number of halogens is 1. The van der Waals surface area contributed by atoms with Gasteiger partial charge in [0, 0.05) is 26.2 Å². The highest BCUT2D eigenvalue weighted by Gasteiger charge is 2.38. The van der Waals surface area contributed by atoms with Crippen LogP contribution < -0.4 is 0 Å². The molecule has 0 aliphatic heterocycles. The molecule has 112 valence electrons. The summed E-state index contributed by atoms with van der Waals surface area (Å²) in [5.41, 5.74) is 7.19. The Kier molecular flexibility index (Phi) is 2.48. The van der Waals surface area contributed by atoms with Gasteiger partial charge in [0.15, 0.2) is 0 Å². The van der Waals surface area contributed by atoms with Crippen molar-refractivity contribution >= 4 is 37.9 Å². The summed E-state index contributed by atoms with van der Waals surface area (Å²) in [6.07, 6.45) is 0. The van der Waals surface area contributed by atoms with Crippen LogP contribution in [0.4, 0.5) is 0 Å². The van der Waals surface area contributed by atoms with Gasteiger partial charge >= 0.3 is 0 Å². The summed E-state index contributed by atoms with van der Waals surface area (Å²) in [5.74, 6) is 0. The molecule has 0 saturated heterocycles. The number of para-hydroxylation sites is 1. The van der Waals surface area contributed by atoms with E-state index in [1.54, 1.807) is 0 Å². The van der Waals surface area contributed by atoms with Crippen molar-refractivity contribution in [1.29, 1.82) is 0 Å². The van der Waals surface area contributed by atoms with Crippen molar-refractivity contribution in [3.63, 3.8) is 0 Å². The van der Waals surface area contributed by atoms with Gasteiger partial charge in [0.2, 0.25) is 0 Å². The second kappa shape index (κ2) is 4.27. The molecule has 4 aromatic rings. The van der Waals surface area contributed by atoms with Crippen LogP contribution in [0.3, 0.4) is 0 Å². The second-order valence-electron chi connectivity index (χ2n) is 6.78. The molecule has 0 amide bonds. The minimum absolute atomic E-state index is 0.0676. The number of hydrogen-bond acceptors (Lipinski definition) is 1. The quantitative estimate of drug-likeness (QED) is 0.341. The van der Waals surface area contributed by atoms with Crippen LogP contribution in [0.15, 0.2) is 63.5 Å². The number of rotatable bonds is 0. The summed E-state index contributed by atoms with van der Waals surface area (Å²) in [5, 5.41) is 2.40. The molecule has 0 spiro atoms. The fraction of sp³-hybridized carbons (Fsp3) is 0.143. The Labute approximate surface area is 143 Å². The summed E-state index contributed by atoms with van der Waals surface area (Å²) >= 11 is 3.62. The van der Waals surface area contributed by atoms with E-state index in [4.69, 9.17) is 4.42 Å². The number of fused-ring (bicyclic) bond motifs is 7. The Morgan fingerprint density at radius 3 is 2.52 bits per heavy atom. The SMILES string of the molecule is CC1(C)c2cc(Br)ccc2-c2ccc3c(oc4ccccc43)c21. The molecular weight excluding hydrogens is 348 g/mol. The molecule has 1 aliphatic rings. The van der Waals surface area contributed by atoms with Crippen LogP contribution in [0.5, 0.6) is 0 Å². The average molecular weight is 363 g/mol. The molecule has 5 rings (SSSR count). The van der Waals surface area contributed by atoms with E-state index >= 15 is 0 Å². The average Bonchev–Trinajstić information content (AvgIpc) is 3.01. The van der Waals surface area contributed by atoms with Crippen LogP contribution in [0, 0.1) is 0 Å². The molecule has 0 N–H and O–H groups in total. The van der Waals surface area contributed by atoms with Gasteiger partial charge in [-0.2, -0.15) is 0 Å². The van der Waals surface area contributed by atoms with E-state index in [0.717, 1.165) is 15.6 Å². The van der Waals surface area contributed by atoms with E-state index in [-0.39, 0.29) is 5.41 Å². The number of benzene rings is 3. The molecule has 1 heterocycles. The predicted molar refractivity (Wildman–Crippen MR) is 99.0 cm³/mol. The first-order valence-corrected chi connectivity index (χ1v) is 8.62. The second-order valence-corrected chi connectivity index (χ2v) is 7.69. The summed E-state index contributed by atoms with van der Waals surface area (Å²) in [7, 11) is 0.